The number of pyridine rings is 1. The minimum Gasteiger partial charge on any atom is -0.326 e. The van der Waals surface area contributed by atoms with Crippen LogP contribution in [0.5, 0.6) is 0 Å². The third-order valence-corrected chi connectivity index (χ3v) is 2.64. The van der Waals surface area contributed by atoms with Crippen molar-refractivity contribution in [3.05, 3.63) is 33.7 Å². The minimum atomic E-state index is 0.117. The van der Waals surface area contributed by atoms with Gasteiger partial charge in [-0.25, -0.2) is 0 Å². The van der Waals surface area contributed by atoms with Crippen molar-refractivity contribution in [1.82, 2.24) is 4.98 Å². The summed E-state index contributed by atoms with van der Waals surface area (Å²) in [6.07, 6.45) is 4.47. The zero-order valence-corrected chi connectivity index (χ0v) is 7.97. The van der Waals surface area contributed by atoms with Crippen LogP contribution < -0.4 is 5.56 Å². The fourth-order valence-corrected chi connectivity index (χ4v) is 1.54. The normalized spacial score (nSPS) is 16.1. The first-order valence-corrected chi connectivity index (χ1v) is 5.00. The molecule has 0 spiro atoms. The van der Waals surface area contributed by atoms with Crippen LogP contribution in [0.25, 0.3) is 0 Å². The smallest absolute Gasteiger partial charge is 0.251 e. The second-order valence-corrected chi connectivity index (χ2v) is 3.84. The summed E-state index contributed by atoms with van der Waals surface area (Å²) in [6.45, 7) is 2.05. The van der Waals surface area contributed by atoms with Crippen molar-refractivity contribution in [1.29, 1.82) is 0 Å². The monoisotopic (exact) mass is 177 g/mol. The van der Waals surface area contributed by atoms with Crippen LogP contribution >= 0.6 is 0 Å². The molecule has 0 aromatic carbocycles. The molecule has 2 heteroatoms. The largest absolute Gasteiger partial charge is 0.326 e. The Labute approximate surface area is 78.0 Å². The molecule has 0 amide bonds. The fraction of sp³-hybridized carbons (Fsp3) is 0.545. The molecule has 1 heterocycles. The van der Waals surface area contributed by atoms with Crippen molar-refractivity contribution < 1.29 is 0 Å². The van der Waals surface area contributed by atoms with Gasteiger partial charge in [-0.15, -0.1) is 0 Å². The third-order valence-electron chi connectivity index (χ3n) is 2.64. The molecule has 1 aromatic rings. The van der Waals surface area contributed by atoms with Gasteiger partial charge in [0.05, 0.1) is 0 Å². The first kappa shape index (κ1) is 8.54. The Hall–Kier alpha value is -1.05. The molecule has 0 bridgehead atoms. The second kappa shape index (κ2) is 3.36. The average Bonchev–Trinajstić information content (AvgIpc) is 2.92. The molecule has 1 N–H and O–H groups in total. The van der Waals surface area contributed by atoms with E-state index in [1.54, 1.807) is 0 Å². The van der Waals surface area contributed by atoms with Crippen molar-refractivity contribution in [2.24, 2.45) is 5.92 Å². The highest BCUT2D eigenvalue weighted by Gasteiger charge is 2.22. The van der Waals surface area contributed by atoms with Crippen LogP contribution in [-0.4, -0.2) is 4.98 Å². The molecule has 1 saturated carbocycles. The second-order valence-electron chi connectivity index (χ2n) is 3.84. The maximum absolute atomic E-state index is 11.5. The Bertz CT molecular complexity index is 349. The lowest BCUT2D eigenvalue weighted by Crippen LogP contribution is -2.14. The summed E-state index contributed by atoms with van der Waals surface area (Å²) >= 11 is 0. The van der Waals surface area contributed by atoms with Gasteiger partial charge >= 0.3 is 0 Å². The van der Waals surface area contributed by atoms with Gasteiger partial charge < -0.3 is 4.98 Å². The van der Waals surface area contributed by atoms with Crippen LogP contribution in [-0.2, 0) is 12.8 Å². The molecule has 0 saturated heterocycles. The quantitative estimate of drug-likeness (QED) is 0.751. The molecule has 2 rings (SSSR count). The first-order valence-electron chi connectivity index (χ1n) is 5.00. The van der Waals surface area contributed by atoms with Gasteiger partial charge in [-0.05, 0) is 37.7 Å². The molecule has 13 heavy (non-hydrogen) atoms. The Morgan fingerprint density at radius 1 is 1.46 bits per heavy atom. The number of H-pyrrole nitrogens is 1. The number of aromatic nitrogens is 1. The van der Waals surface area contributed by atoms with Crippen molar-refractivity contribution in [2.45, 2.75) is 32.6 Å². The van der Waals surface area contributed by atoms with Crippen LogP contribution in [0.1, 0.15) is 31.0 Å². The van der Waals surface area contributed by atoms with Gasteiger partial charge in [0.15, 0.2) is 0 Å². The average molecular weight is 177 g/mol. The van der Waals surface area contributed by atoms with E-state index in [2.05, 4.69) is 4.98 Å². The molecular weight excluding hydrogens is 162 g/mol. The van der Waals surface area contributed by atoms with Gasteiger partial charge in [0, 0.05) is 11.3 Å². The number of nitrogens with one attached hydrogen (secondary N) is 1. The highest BCUT2D eigenvalue weighted by atomic mass is 16.1. The van der Waals surface area contributed by atoms with Gasteiger partial charge in [-0.3, -0.25) is 4.79 Å². The highest BCUT2D eigenvalue weighted by Crippen LogP contribution is 2.31. The number of aromatic amines is 1. The van der Waals surface area contributed by atoms with Crippen molar-refractivity contribution in [2.75, 3.05) is 0 Å². The van der Waals surface area contributed by atoms with E-state index in [-0.39, 0.29) is 5.56 Å². The summed E-state index contributed by atoms with van der Waals surface area (Å²) < 4.78 is 0. The highest BCUT2D eigenvalue weighted by molar-refractivity contribution is 5.15. The molecule has 0 aliphatic heterocycles. The Morgan fingerprint density at radius 2 is 2.23 bits per heavy atom. The van der Waals surface area contributed by atoms with Crippen LogP contribution in [0.3, 0.4) is 0 Å². The summed E-state index contributed by atoms with van der Waals surface area (Å²) in [7, 11) is 0. The van der Waals surface area contributed by atoms with Gasteiger partial charge in [0.2, 0.25) is 0 Å². The van der Waals surface area contributed by atoms with E-state index in [0.717, 1.165) is 30.0 Å². The van der Waals surface area contributed by atoms with E-state index in [1.165, 1.54) is 12.8 Å². The van der Waals surface area contributed by atoms with Crippen molar-refractivity contribution in [3.63, 3.8) is 0 Å². The number of aryl methyl sites for hydroxylation is 1. The van der Waals surface area contributed by atoms with E-state index < -0.39 is 0 Å². The number of hydrogen-bond acceptors (Lipinski definition) is 1. The third kappa shape index (κ3) is 2.00. The van der Waals surface area contributed by atoms with E-state index in [1.807, 2.05) is 19.1 Å². The first-order chi connectivity index (χ1) is 6.29. The molecule has 0 radical (unpaired) electrons. The summed E-state index contributed by atoms with van der Waals surface area (Å²) in [5, 5.41) is 0. The van der Waals surface area contributed by atoms with E-state index >= 15 is 0 Å². The Kier molecular flexibility index (Phi) is 2.21. The van der Waals surface area contributed by atoms with E-state index in [9.17, 15) is 4.79 Å². The lowest BCUT2D eigenvalue weighted by atomic mass is 10.1. The van der Waals surface area contributed by atoms with Crippen LogP contribution in [0.15, 0.2) is 16.9 Å². The van der Waals surface area contributed by atoms with Gasteiger partial charge in [-0.1, -0.05) is 13.0 Å². The Balaban J connectivity index is 2.20. The topological polar surface area (TPSA) is 32.9 Å². The van der Waals surface area contributed by atoms with Crippen LogP contribution in [0.2, 0.25) is 0 Å². The standard InChI is InChI=1S/C11H15NO/c1-2-10-6-5-9(11(13)12-10)7-8-3-4-8/h5-6,8H,2-4,7H2,1H3,(H,12,13). The van der Waals surface area contributed by atoms with Gasteiger partial charge in [0.25, 0.3) is 5.56 Å². The fourth-order valence-electron chi connectivity index (χ4n) is 1.54. The Morgan fingerprint density at radius 3 is 2.77 bits per heavy atom. The summed E-state index contributed by atoms with van der Waals surface area (Å²) in [4.78, 5) is 14.4. The predicted molar refractivity (Wildman–Crippen MR) is 52.9 cm³/mol. The molecule has 1 fully saturated rings. The maximum atomic E-state index is 11.5. The molecule has 1 aliphatic rings. The summed E-state index contributed by atoms with van der Waals surface area (Å²) in [5.41, 5.74) is 2.11. The zero-order valence-electron chi connectivity index (χ0n) is 7.97. The molecule has 1 aromatic heterocycles. The summed E-state index contributed by atoms with van der Waals surface area (Å²) in [6, 6.07) is 4.01. The maximum Gasteiger partial charge on any atom is 0.251 e. The van der Waals surface area contributed by atoms with Crippen molar-refractivity contribution >= 4 is 0 Å². The van der Waals surface area contributed by atoms with Crippen LogP contribution in [0.4, 0.5) is 0 Å². The van der Waals surface area contributed by atoms with Crippen LogP contribution in [0, 0.1) is 5.92 Å². The lowest BCUT2D eigenvalue weighted by Gasteiger charge is -2.00. The van der Waals surface area contributed by atoms with Gasteiger partial charge in [-0.2, -0.15) is 0 Å². The molecule has 0 atom stereocenters. The van der Waals surface area contributed by atoms with E-state index in [0.29, 0.717) is 0 Å². The summed E-state index contributed by atoms with van der Waals surface area (Å²) in [5.74, 6) is 0.786. The lowest BCUT2D eigenvalue weighted by molar-refractivity contribution is 0.813. The minimum absolute atomic E-state index is 0.117. The number of rotatable bonds is 3. The molecule has 0 unspecified atom stereocenters. The molecule has 1 aliphatic carbocycles. The van der Waals surface area contributed by atoms with E-state index in [4.69, 9.17) is 0 Å². The molecule has 2 nitrogen and oxygen atoms in total. The zero-order chi connectivity index (χ0) is 9.26. The van der Waals surface area contributed by atoms with Crippen molar-refractivity contribution in [3.8, 4) is 0 Å². The predicted octanol–water partition coefficient (Wildman–Crippen LogP) is 1.89. The SMILES string of the molecule is CCc1ccc(CC2CC2)c(=O)[nH]1. The number of hydrogen-bond donors (Lipinski definition) is 1. The molecule has 70 valence electrons. The molecular formula is C11H15NO. The van der Waals surface area contributed by atoms with Gasteiger partial charge in [0.1, 0.15) is 0 Å².